The van der Waals surface area contributed by atoms with Crippen molar-refractivity contribution in [1.29, 1.82) is 5.26 Å². The lowest BCUT2D eigenvalue weighted by atomic mass is 9.94. The molecule has 1 aromatic carbocycles. The molecule has 0 amide bonds. The van der Waals surface area contributed by atoms with Crippen molar-refractivity contribution >= 4 is 5.69 Å². The molecule has 0 aliphatic carbocycles. The second-order valence-electron chi connectivity index (χ2n) is 5.08. The van der Waals surface area contributed by atoms with Gasteiger partial charge in [-0.05, 0) is 31.9 Å². The molecule has 1 saturated heterocycles. The first kappa shape index (κ1) is 13.8. The third kappa shape index (κ3) is 2.69. The minimum atomic E-state index is -0.697. The van der Waals surface area contributed by atoms with Crippen molar-refractivity contribution in [1.82, 2.24) is 0 Å². The second kappa shape index (κ2) is 5.14. The maximum Gasteiger partial charge on any atom is 0.150 e. The summed E-state index contributed by atoms with van der Waals surface area (Å²) in [4.78, 5) is 1.65. The fourth-order valence-electron chi connectivity index (χ4n) is 2.50. The van der Waals surface area contributed by atoms with E-state index in [9.17, 15) is 8.78 Å². The smallest absolute Gasteiger partial charge is 0.150 e. The van der Waals surface area contributed by atoms with Crippen LogP contribution in [0.2, 0.25) is 0 Å². The van der Waals surface area contributed by atoms with Gasteiger partial charge in [0.05, 0.1) is 17.2 Å². The Hall–Kier alpha value is -1.67. The predicted octanol–water partition coefficient (Wildman–Crippen LogP) is 2.84. The number of halogens is 2. The highest BCUT2D eigenvalue weighted by Gasteiger charge is 2.33. The Morgan fingerprint density at radius 2 is 2.00 bits per heavy atom. The van der Waals surface area contributed by atoms with Gasteiger partial charge in [-0.25, -0.2) is 8.78 Å². The van der Waals surface area contributed by atoms with Crippen LogP contribution in [0.5, 0.6) is 0 Å². The number of methoxy groups -OCH3 is 1. The number of rotatable bonds is 2. The van der Waals surface area contributed by atoms with E-state index >= 15 is 0 Å². The van der Waals surface area contributed by atoms with E-state index in [1.807, 2.05) is 6.92 Å². The molecule has 1 unspecified atom stereocenters. The predicted molar refractivity (Wildman–Crippen MR) is 67.9 cm³/mol. The molecule has 0 N–H and O–H groups in total. The molecule has 1 aromatic rings. The number of hydrogen-bond acceptors (Lipinski definition) is 3. The highest BCUT2D eigenvalue weighted by atomic mass is 19.1. The van der Waals surface area contributed by atoms with Gasteiger partial charge in [-0.3, -0.25) is 0 Å². The quantitative estimate of drug-likeness (QED) is 0.825. The van der Waals surface area contributed by atoms with Crippen molar-refractivity contribution in [3.05, 3.63) is 29.3 Å². The molecule has 3 nitrogen and oxygen atoms in total. The van der Waals surface area contributed by atoms with Gasteiger partial charge in [-0.2, -0.15) is 5.26 Å². The average molecular weight is 266 g/mol. The zero-order valence-corrected chi connectivity index (χ0v) is 11.0. The average Bonchev–Trinajstić information content (AvgIpc) is 2.38. The van der Waals surface area contributed by atoms with Crippen LogP contribution in [0, 0.1) is 23.0 Å². The van der Waals surface area contributed by atoms with Crippen molar-refractivity contribution in [2.24, 2.45) is 0 Å². The van der Waals surface area contributed by atoms with Gasteiger partial charge in [0, 0.05) is 20.2 Å². The highest BCUT2D eigenvalue weighted by molar-refractivity contribution is 5.53. The number of benzene rings is 1. The Kier molecular flexibility index (Phi) is 3.72. The molecule has 1 fully saturated rings. The van der Waals surface area contributed by atoms with Gasteiger partial charge in [-0.15, -0.1) is 0 Å². The van der Waals surface area contributed by atoms with E-state index in [4.69, 9.17) is 10.00 Å². The molecule has 2 rings (SSSR count). The Morgan fingerprint density at radius 1 is 1.37 bits per heavy atom. The molecule has 1 aliphatic heterocycles. The van der Waals surface area contributed by atoms with Crippen LogP contribution in [-0.2, 0) is 4.74 Å². The molecule has 1 aliphatic rings. The summed E-state index contributed by atoms with van der Waals surface area (Å²) in [7, 11) is 1.61. The van der Waals surface area contributed by atoms with Crippen LogP contribution in [0.3, 0.4) is 0 Å². The summed E-state index contributed by atoms with van der Waals surface area (Å²) in [5, 5.41) is 8.69. The zero-order valence-electron chi connectivity index (χ0n) is 11.0. The van der Waals surface area contributed by atoms with Gasteiger partial charge in [0.25, 0.3) is 0 Å². The van der Waals surface area contributed by atoms with E-state index in [2.05, 4.69) is 0 Å². The van der Waals surface area contributed by atoms with Gasteiger partial charge < -0.3 is 9.64 Å². The number of ether oxygens (including phenoxy) is 1. The van der Waals surface area contributed by atoms with Crippen LogP contribution in [0.4, 0.5) is 14.5 Å². The number of nitriles is 1. The first-order valence-corrected chi connectivity index (χ1v) is 6.18. The molecular weight excluding hydrogens is 250 g/mol. The first-order valence-electron chi connectivity index (χ1n) is 6.18. The number of anilines is 1. The molecule has 19 heavy (non-hydrogen) atoms. The molecular formula is C14H16F2N2O. The SMILES string of the molecule is COC1(C)CCCN(c2c(F)cc(C#N)cc2F)C1. The minimum Gasteiger partial charge on any atom is -0.377 e. The summed E-state index contributed by atoms with van der Waals surface area (Å²) in [6.45, 7) is 2.94. The summed E-state index contributed by atoms with van der Waals surface area (Å²) in [5.74, 6) is -1.39. The van der Waals surface area contributed by atoms with Gasteiger partial charge in [0.2, 0.25) is 0 Å². The van der Waals surface area contributed by atoms with Gasteiger partial charge in [0.15, 0.2) is 11.6 Å². The molecule has 0 bridgehead atoms. The van der Waals surface area contributed by atoms with Crippen molar-refractivity contribution in [3.63, 3.8) is 0 Å². The molecule has 102 valence electrons. The summed E-state index contributed by atoms with van der Waals surface area (Å²) < 4.78 is 33.3. The van der Waals surface area contributed by atoms with Gasteiger partial charge in [-0.1, -0.05) is 0 Å². The van der Waals surface area contributed by atoms with Crippen LogP contribution in [0.25, 0.3) is 0 Å². The fourth-order valence-corrected chi connectivity index (χ4v) is 2.50. The lowest BCUT2D eigenvalue weighted by Crippen LogP contribution is -2.48. The number of nitrogens with zero attached hydrogens (tertiary/aromatic N) is 2. The fraction of sp³-hybridized carbons (Fsp3) is 0.500. The van der Waals surface area contributed by atoms with Crippen molar-refractivity contribution in [3.8, 4) is 6.07 Å². The summed E-state index contributed by atoms with van der Waals surface area (Å²) >= 11 is 0. The molecule has 0 spiro atoms. The third-order valence-corrected chi connectivity index (χ3v) is 3.61. The van der Waals surface area contributed by atoms with Crippen LogP contribution in [0.15, 0.2) is 12.1 Å². The lowest BCUT2D eigenvalue weighted by Gasteiger charge is -2.40. The summed E-state index contributed by atoms with van der Waals surface area (Å²) in [6.07, 6.45) is 1.67. The highest BCUT2D eigenvalue weighted by Crippen LogP contribution is 2.31. The monoisotopic (exact) mass is 266 g/mol. The Bertz CT molecular complexity index is 504. The van der Waals surface area contributed by atoms with E-state index < -0.39 is 17.2 Å². The second-order valence-corrected chi connectivity index (χ2v) is 5.08. The maximum atomic E-state index is 14.0. The summed E-state index contributed by atoms with van der Waals surface area (Å²) in [6, 6.07) is 3.88. The Balaban J connectivity index is 2.35. The largest absolute Gasteiger partial charge is 0.377 e. The van der Waals surface area contributed by atoms with Crippen molar-refractivity contribution in [2.75, 3.05) is 25.1 Å². The van der Waals surface area contributed by atoms with Crippen LogP contribution >= 0.6 is 0 Å². The van der Waals surface area contributed by atoms with Crippen molar-refractivity contribution in [2.45, 2.75) is 25.4 Å². The molecule has 1 heterocycles. The standard InChI is InChI=1S/C14H16F2N2O/c1-14(19-2)4-3-5-18(9-14)13-11(15)6-10(8-17)7-12(13)16/h6-7H,3-5,9H2,1-2H3. The Labute approximate surface area is 111 Å². The molecule has 0 aromatic heterocycles. The van der Waals surface area contributed by atoms with Crippen LogP contribution in [-0.4, -0.2) is 25.8 Å². The molecule has 0 radical (unpaired) electrons. The van der Waals surface area contributed by atoms with Crippen LogP contribution < -0.4 is 4.90 Å². The van der Waals surface area contributed by atoms with E-state index in [0.717, 1.165) is 25.0 Å². The lowest BCUT2D eigenvalue weighted by molar-refractivity contribution is -0.00489. The number of hydrogen-bond donors (Lipinski definition) is 0. The van der Waals surface area contributed by atoms with E-state index in [0.29, 0.717) is 13.1 Å². The van der Waals surface area contributed by atoms with Gasteiger partial charge >= 0.3 is 0 Å². The zero-order chi connectivity index (χ0) is 14.0. The third-order valence-electron chi connectivity index (χ3n) is 3.61. The van der Waals surface area contributed by atoms with E-state index in [-0.39, 0.29) is 11.3 Å². The van der Waals surface area contributed by atoms with Crippen molar-refractivity contribution < 1.29 is 13.5 Å². The first-order chi connectivity index (χ1) is 8.99. The number of piperidine rings is 1. The molecule has 5 heteroatoms. The maximum absolute atomic E-state index is 14.0. The summed E-state index contributed by atoms with van der Waals surface area (Å²) in [5.41, 5.74) is -0.474. The van der Waals surface area contributed by atoms with Gasteiger partial charge in [0.1, 0.15) is 5.69 Å². The normalized spacial score (nSPS) is 23.2. The topological polar surface area (TPSA) is 36.3 Å². The minimum absolute atomic E-state index is 0.00902. The molecule has 1 atom stereocenters. The molecule has 0 saturated carbocycles. The van der Waals surface area contributed by atoms with E-state index in [1.54, 1.807) is 18.1 Å². The van der Waals surface area contributed by atoms with E-state index in [1.165, 1.54) is 0 Å². The van der Waals surface area contributed by atoms with Crippen LogP contribution in [0.1, 0.15) is 25.3 Å². The Morgan fingerprint density at radius 3 is 2.53 bits per heavy atom.